The molecule has 2 aromatic carbocycles. The Morgan fingerprint density at radius 2 is 1.12 bits per heavy atom. The maximum Gasteiger partial charge on any atom is 0.244 e. The molecular formula is C56H81N15O11S. The lowest BCUT2D eigenvalue weighted by molar-refractivity contribution is -0.135. The summed E-state index contributed by atoms with van der Waals surface area (Å²) in [6.07, 6.45) is 4.32. The lowest BCUT2D eigenvalue weighted by atomic mass is 9.99. The molecule has 0 unspecified atom stereocenters. The summed E-state index contributed by atoms with van der Waals surface area (Å²) in [6.45, 7) is 11.4. The monoisotopic (exact) mass is 1170 g/mol. The van der Waals surface area contributed by atoms with E-state index in [0.717, 1.165) is 16.5 Å². The van der Waals surface area contributed by atoms with Crippen LogP contribution in [0.3, 0.4) is 0 Å². The van der Waals surface area contributed by atoms with Gasteiger partial charge in [-0.1, -0.05) is 90.1 Å². The highest BCUT2D eigenvalue weighted by Gasteiger charge is 2.35. The molecule has 9 atom stereocenters. The number of amides is 11. The zero-order valence-corrected chi connectivity index (χ0v) is 48.7. The molecule has 0 radical (unpaired) electrons. The van der Waals surface area contributed by atoms with Crippen LogP contribution in [0.5, 0.6) is 0 Å². The summed E-state index contributed by atoms with van der Waals surface area (Å²) in [5.41, 5.74) is 19.7. The van der Waals surface area contributed by atoms with Crippen LogP contribution in [-0.2, 0) is 72.0 Å². The van der Waals surface area contributed by atoms with E-state index in [9.17, 15) is 52.7 Å². The molecule has 0 fully saturated rings. The van der Waals surface area contributed by atoms with E-state index in [2.05, 4.69) is 75.4 Å². The number of hydrogen-bond acceptors (Lipinski definition) is 14. The van der Waals surface area contributed by atoms with E-state index in [4.69, 9.17) is 17.2 Å². The van der Waals surface area contributed by atoms with Crippen molar-refractivity contribution >= 4 is 88.5 Å². The number of fused-ring (bicyclic) bond motifs is 1. The number of nitrogens with two attached hydrogens (primary N) is 3. The molecule has 0 aliphatic carbocycles. The SMILES string of the molecule is CC(C)C[C@H](NC(=O)[C@H](CC(C)C)NC(=O)[C@H](Cc1cnc[nH]1)NC(=O)CNC(=O)[C@@H](NC(=O)[C@H](C)NC(=O)[C@H](Cc1c[nH]c2ccccc12)NC(=O)[C@H](CS)NC(=O)[C@H](CCC(N)=O)NC(=O)[C@H](N)Cc1ccccc1)C(C)C)C(N)=O. The number of para-hydroxylation sites is 1. The molecule has 0 spiro atoms. The lowest BCUT2D eigenvalue weighted by Gasteiger charge is -2.27. The highest BCUT2D eigenvalue weighted by Crippen LogP contribution is 2.20. The van der Waals surface area contributed by atoms with Crippen molar-refractivity contribution < 1.29 is 52.7 Å². The molecule has 2 aromatic heterocycles. The molecule has 0 saturated carbocycles. The number of thiol groups is 1. The Hall–Kier alpha value is -8.33. The van der Waals surface area contributed by atoms with Crippen molar-refractivity contribution in [1.82, 2.24) is 62.8 Å². The summed E-state index contributed by atoms with van der Waals surface area (Å²) in [4.78, 5) is 158. The number of rotatable bonds is 34. The molecular weight excluding hydrogens is 1090 g/mol. The van der Waals surface area contributed by atoms with Crippen molar-refractivity contribution in [3.8, 4) is 0 Å². The van der Waals surface area contributed by atoms with Gasteiger partial charge < -0.3 is 75.0 Å². The summed E-state index contributed by atoms with van der Waals surface area (Å²) in [5.74, 6) is -9.46. The average molecular weight is 1170 g/mol. The van der Waals surface area contributed by atoms with Gasteiger partial charge in [-0.2, -0.15) is 12.6 Å². The van der Waals surface area contributed by atoms with Crippen molar-refractivity contribution in [2.45, 2.75) is 148 Å². The largest absolute Gasteiger partial charge is 0.370 e. The maximum absolute atomic E-state index is 14.3. The molecule has 83 heavy (non-hydrogen) atoms. The van der Waals surface area contributed by atoms with E-state index in [1.165, 1.54) is 19.4 Å². The summed E-state index contributed by atoms with van der Waals surface area (Å²) in [6, 6.07) is 4.93. The van der Waals surface area contributed by atoms with Crippen molar-refractivity contribution in [3.05, 3.63) is 90.1 Å². The molecule has 0 aliphatic rings. The Kier molecular flexibility index (Phi) is 26.7. The zero-order valence-electron chi connectivity index (χ0n) is 47.8. The molecule has 452 valence electrons. The smallest absolute Gasteiger partial charge is 0.244 e. The number of hydrogen-bond donors (Lipinski definition) is 15. The van der Waals surface area contributed by atoms with Crippen LogP contribution in [-0.4, -0.2) is 147 Å². The Morgan fingerprint density at radius 3 is 1.73 bits per heavy atom. The van der Waals surface area contributed by atoms with E-state index in [-0.39, 0.29) is 62.5 Å². The van der Waals surface area contributed by atoms with E-state index < -0.39 is 132 Å². The van der Waals surface area contributed by atoms with Gasteiger partial charge in [0.25, 0.3) is 0 Å². The second-order valence-electron chi connectivity index (χ2n) is 21.6. The number of nitrogens with one attached hydrogen (secondary N) is 11. The van der Waals surface area contributed by atoms with E-state index in [1.54, 1.807) is 68.6 Å². The highest BCUT2D eigenvalue weighted by molar-refractivity contribution is 7.80. The Labute approximate surface area is 487 Å². The zero-order chi connectivity index (χ0) is 61.5. The fourth-order valence-electron chi connectivity index (χ4n) is 8.77. The fourth-order valence-corrected chi connectivity index (χ4v) is 9.03. The number of carbonyl (C=O) groups excluding carboxylic acids is 11. The molecule has 2 heterocycles. The summed E-state index contributed by atoms with van der Waals surface area (Å²) in [5, 5.41) is 24.1. The van der Waals surface area contributed by atoms with Crippen molar-refractivity contribution in [2.75, 3.05) is 12.3 Å². The minimum absolute atomic E-state index is 0.0164. The number of aromatic amines is 2. The maximum atomic E-state index is 14.3. The van der Waals surface area contributed by atoms with Crippen LogP contribution in [0.4, 0.5) is 0 Å². The van der Waals surface area contributed by atoms with Gasteiger partial charge in [-0.25, -0.2) is 4.98 Å². The third-order valence-corrected chi connectivity index (χ3v) is 13.6. The van der Waals surface area contributed by atoms with Gasteiger partial charge in [0.15, 0.2) is 0 Å². The minimum atomic E-state index is -1.40. The van der Waals surface area contributed by atoms with Gasteiger partial charge in [0.1, 0.15) is 48.3 Å². The Morgan fingerprint density at radius 1 is 0.566 bits per heavy atom. The molecule has 0 saturated heterocycles. The predicted molar refractivity (Wildman–Crippen MR) is 312 cm³/mol. The summed E-state index contributed by atoms with van der Waals surface area (Å²) < 4.78 is 0. The number of benzene rings is 2. The van der Waals surface area contributed by atoms with E-state index >= 15 is 0 Å². The average Bonchev–Trinajstić information content (AvgIpc) is 4.37. The molecule has 27 heteroatoms. The van der Waals surface area contributed by atoms with Crippen molar-refractivity contribution in [2.24, 2.45) is 35.0 Å². The molecule has 0 bridgehead atoms. The van der Waals surface area contributed by atoms with Crippen molar-refractivity contribution in [1.29, 1.82) is 0 Å². The molecule has 4 aromatic rings. The summed E-state index contributed by atoms with van der Waals surface area (Å²) >= 11 is 4.30. The molecule has 26 nitrogen and oxygen atoms in total. The van der Waals surface area contributed by atoms with Crippen molar-refractivity contribution in [3.63, 3.8) is 0 Å². The van der Waals surface area contributed by atoms with Crippen LogP contribution in [0.2, 0.25) is 0 Å². The quantitative estimate of drug-likeness (QED) is 0.0242. The molecule has 17 N–H and O–H groups in total. The normalized spacial score (nSPS) is 14.6. The highest BCUT2D eigenvalue weighted by atomic mass is 32.1. The van der Waals surface area contributed by atoms with Crippen LogP contribution in [0.1, 0.15) is 91.0 Å². The Balaban J connectivity index is 1.45. The minimum Gasteiger partial charge on any atom is -0.370 e. The van der Waals surface area contributed by atoms with Crippen LogP contribution in [0, 0.1) is 17.8 Å². The van der Waals surface area contributed by atoms with Gasteiger partial charge in [0.05, 0.1) is 18.9 Å². The van der Waals surface area contributed by atoms with Gasteiger partial charge in [-0.3, -0.25) is 52.7 Å². The first kappa shape index (κ1) is 67.2. The first-order chi connectivity index (χ1) is 39.3. The number of nitrogens with zero attached hydrogens (tertiary/aromatic N) is 1. The van der Waals surface area contributed by atoms with Gasteiger partial charge >= 0.3 is 0 Å². The number of H-pyrrole nitrogens is 2. The fraction of sp³-hybridized carbons (Fsp3) is 0.500. The van der Waals surface area contributed by atoms with Gasteiger partial charge in [0.2, 0.25) is 65.0 Å². The van der Waals surface area contributed by atoms with Gasteiger partial charge in [-0.15, -0.1) is 0 Å². The first-order valence-corrected chi connectivity index (χ1v) is 28.1. The number of primary amides is 2. The molecule has 0 aliphatic heterocycles. The van der Waals surface area contributed by atoms with Crippen LogP contribution < -0.4 is 65.1 Å². The van der Waals surface area contributed by atoms with Crippen LogP contribution in [0.25, 0.3) is 10.9 Å². The number of carbonyl (C=O) groups is 11. The molecule has 4 rings (SSSR count). The second-order valence-corrected chi connectivity index (χ2v) is 22.0. The first-order valence-electron chi connectivity index (χ1n) is 27.5. The predicted octanol–water partition coefficient (Wildman–Crippen LogP) is -1.31. The molecule has 11 amide bonds. The third-order valence-electron chi connectivity index (χ3n) is 13.3. The van der Waals surface area contributed by atoms with Gasteiger partial charge in [0, 0.05) is 54.0 Å². The third kappa shape index (κ3) is 22.2. The number of aromatic nitrogens is 3. The lowest BCUT2D eigenvalue weighted by Crippen LogP contribution is -2.60. The second kappa shape index (κ2) is 32.9. The topological polar surface area (TPSA) is 419 Å². The van der Waals surface area contributed by atoms with E-state index in [0.29, 0.717) is 11.3 Å². The summed E-state index contributed by atoms with van der Waals surface area (Å²) in [7, 11) is 0. The van der Waals surface area contributed by atoms with Crippen LogP contribution in [0.15, 0.2) is 73.3 Å². The van der Waals surface area contributed by atoms with E-state index in [1.807, 2.05) is 33.8 Å². The van der Waals surface area contributed by atoms with Gasteiger partial charge in [-0.05, 0) is 67.6 Å². The number of imidazole rings is 1. The Bertz CT molecular complexity index is 2860. The standard InChI is InChI=1S/C56H81N15O11S/c1-29(2)19-40(48(59)74)67-53(79)41(20-30(3)4)68-54(80)43(23-35-25-60-28-63-35)65-46(73)26-62-56(82)47(31(5)6)71-49(75)32(7)64-52(78)42(22-34-24-61-38-16-12-11-15-36(34)38)69-55(81)44(27-83)70-51(77)39(17-18-45(58)72)66-50(76)37(57)21-33-13-9-8-10-14-33/h8-16,24-25,28-32,37,39-44,47,61,83H,17-23,26-27,57H2,1-7H3,(H2,58,72)(H2,59,74)(H,60,63)(H,62,82)(H,64,78)(H,65,73)(H,66,76)(H,67,79)(H,68,80)(H,69,81)(H,70,77)(H,71,75)/t32-,37+,39-,40-,41-,42-,43-,44-,47-/m0/s1. The van der Waals surface area contributed by atoms with Crippen LogP contribution >= 0.6 is 12.6 Å².